The van der Waals surface area contributed by atoms with Crippen molar-refractivity contribution in [3.8, 4) is 0 Å². The van der Waals surface area contributed by atoms with Crippen LogP contribution in [0.25, 0.3) is 10.8 Å². The third kappa shape index (κ3) is 4.69. The Bertz CT molecular complexity index is 1360. The fraction of sp³-hybridized carbons (Fsp3) is 0.269. The monoisotopic (exact) mass is 526 g/mol. The lowest BCUT2D eigenvalue weighted by molar-refractivity contribution is 0.116. The standard InChI is InChI=1S/C26H27ClN4O2S2/c1-2-13-28-26(34)31-16-14-30(15-17-31)25-22-8-4-6-18-5-3-7-21(23(18)22)24(25)29-35(32,33)20-11-9-19(27)10-12-20/h2-12,24-25,29H,1,13-17H2,(H,28,34)/t24-,25+/m0/s1. The van der Waals surface area contributed by atoms with Gasteiger partial charge in [0.25, 0.3) is 0 Å². The van der Waals surface area contributed by atoms with Crippen LogP contribution >= 0.6 is 23.8 Å². The van der Waals surface area contributed by atoms with Crippen LogP contribution in [0.15, 0.2) is 78.2 Å². The molecular weight excluding hydrogens is 500 g/mol. The highest BCUT2D eigenvalue weighted by Crippen LogP contribution is 2.47. The number of nitrogens with zero attached hydrogens (tertiary/aromatic N) is 2. The van der Waals surface area contributed by atoms with Gasteiger partial charge in [0.15, 0.2) is 5.11 Å². The zero-order chi connectivity index (χ0) is 24.6. The second kappa shape index (κ2) is 9.87. The summed E-state index contributed by atoms with van der Waals surface area (Å²) in [6.45, 7) is 7.43. The zero-order valence-electron chi connectivity index (χ0n) is 19.2. The minimum Gasteiger partial charge on any atom is -0.359 e. The maximum absolute atomic E-state index is 13.4. The maximum atomic E-state index is 13.4. The van der Waals surface area contributed by atoms with Gasteiger partial charge in [0.05, 0.1) is 17.0 Å². The van der Waals surface area contributed by atoms with Crippen LogP contribution in [0.3, 0.4) is 0 Å². The lowest BCUT2D eigenvalue weighted by Crippen LogP contribution is -2.53. The van der Waals surface area contributed by atoms with Crippen LogP contribution in [0.4, 0.5) is 0 Å². The summed E-state index contributed by atoms with van der Waals surface area (Å²) in [5, 5.41) is 6.67. The van der Waals surface area contributed by atoms with Gasteiger partial charge in [-0.15, -0.1) is 6.58 Å². The van der Waals surface area contributed by atoms with E-state index in [0.717, 1.165) is 53.2 Å². The highest BCUT2D eigenvalue weighted by molar-refractivity contribution is 7.89. The van der Waals surface area contributed by atoms with Crippen molar-refractivity contribution in [2.75, 3.05) is 32.7 Å². The smallest absolute Gasteiger partial charge is 0.241 e. The molecule has 3 aromatic rings. The Morgan fingerprint density at radius 3 is 2.34 bits per heavy atom. The Kier molecular flexibility index (Phi) is 6.83. The van der Waals surface area contributed by atoms with Gasteiger partial charge in [-0.3, -0.25) is 4.90 Å². The molecule has 182 valence electrons. The maximum Gasteiger partial charge on any atom is 0.241 e. The Hall–Kier alpha value is -2.49. The second-order valence-electron chi connectivity index (χ2n) is 8.79. The summed E-state index contributed by atoms with van der Waals surface area (Å²) >= 11 is 11.5. The molecular formula is C26H27ClN4O2S2. The average Bonchev–Trinajstić information content (AvgIpc) is 3.17. The van der Waals surface area contributed by atoms with E-state index < -0.39 is 16.1 Å². The van der Waals surface area contributed by atoms with Crippen LogP contribution in [-0.2, 0) is 10.0 Å². The molecule has 1 saturated heterocycles. The molecule has 0 aromatic heterocycles. The molecule has 1 aliphatic carbocycles. The Morgan fingerprint density at radius 2 is 1.69 bits per heavy atom. The Balaban J connectivity index is 1.46. The molecule has 6 nitrogen and oxygen atoms in total. The minimum absolute atomic E-state index is 0.116. The molecule has 1 fully saturated rings. The molecule has 9 heteroatoms. The van der Waals surface area contributed by atoms with Gasteiger partial charge in [0, 0.05) is 37.7 Å². The van der Waals surface area contributed by atoms with Gasteiger partial charge in [0.1, 0.15) is 0 Å². The summed E-state index contributed by atoms with van der Waals surface area (Å²) in [6.07, 6.45) is 1.79. The molecule has 3 aromatic carbocycles. The zero-order valence-corrected chi connectivity index (χ0v) is 21.5. The Labute approximate surface area is 216 Å². The number of benzene rings is 3. The third-order valence-corrected chi connectivity index (χ3v) is 8.85. The van der Waals surface area contributed by atoms with Gasteiger partial charge >= 0.3 is 0 Å². The molecule has 0 saturated carbocycles. The molecule has 0 spiro atoms. The minimum atomic E-state index is -3.77. The predicted octanol–water partition coefficient (Wildman–Crippen LogP) is 4.25. The average molecular weight is 527 g/mol. The number of hydrogen-bond acceptors (Lipinski definition) is 4. The van der Waals surface area contributed by atoms with Crippen LogP contribution in [0.2, 0.25) is 5.02 Å². The fourth-order valence-corrected chi connectivity index (χ4v) is 6.73. The number of rotatable bonds is 6. The SMILES string of the molecule is C=CCNC(=S)N1CCN([C@@H]2c3cccc4cccc(c34)[C@@H]2NS(=O)(=O)c2ccc(Cl)cc2)CC1. The van der Waals surface area contributed by atoms with E-state index in [2.05, 4.69) is 50.7 Å². The van der Waals surface area contributed by atoms with E-state index in [-0.39, 0.29) is 10.9 Å². The van der Waals surface area contributed by atoms with E-state index in [4.69, 9.17) is 23.8 Å². The molecule has 2 aliphatic rings. The first-order valence-electron chi connectivity index (χ1n) is 11.6. The summed E-state index contributed by atoms with van der Waals surface area (Å²) in [5.74, 6) is 0. The predicted molar refractivity (Wildman–Crippen MR) is 145 cm³/mol. The topological polar surface area (TPSA) is 64.7 Å². The number of halogens is 1. The lowest BCUT2D eigenvalue weighted by Gasteiger charge is -2.41. The van der Waals surface area contributed by atoms with Crippen molar-refractivity contribution in [2.24, 2.45) is 0 Å². The van der Waals surface area contributed by atoms with Crippen molar-refractivity contribution in [2.45, 2.75) is 17.0 Å². The van der Waals surface area contributed by atoms with Gasteiger partial charge in [-0.25, -0.2) is 13.1 Å². The van der Waals surface area contributed by atoms with Gasteiger partial charge in [-0.2, -0.15) is 0 Å². The quantitative estimate of drug-likeness (QED) is 0.370. The van der Waals surface area contributed by atoms with Crippen LogP contribution in [0, 0.1) is 0 Å². The molecule has 5 rings (SSSR count). The van der Waals surface area contributed by atoms with Crippen LogP contribution in [-0.4, -0.2) is 56.1 Å². The van der Waals surface area contributed by atoms with Crippen molar-refractivity contribution >= 4 is 49.7 Å². The fourth-order valence-electron chi connectivity index (χ4n) is 5.11. The van der Waals surface area contributed by atoms with E-state index in [1.165, 1.54) is 12.1 Å². The highest BCUT2D eigenvalue weighted by Gasteiger charge is 2.41. The van der Waals surface area contributed by atoms with Gasteiger partial charge in [0.2, 0.25) is 10.0 Å². The van der Waals surface area contributed by atoms with Crippen molar-refractivity contribution in [3.63, 3.8) is 0 Å². The Morgan fingerprint density at radius 1 is 1.03 bits per heavy atom. The third-order valence-electron chi connectivity index (χ3n) is 6.74. The summed E-state index contributed by atoms with van der Waals surface area (Å²) in [6, 6.07) is 18.1. The van der Waals surface area contributed by atoms with Gasteiger partial charge in [-0.05, 0) is 58.4 Å². The summed E-state index contributed by atoms with van der Waals surface area (Å²) in [5.41, 5.74) is 2.16. The second-order valence-corrected chi connectivity index (χ2v) is 11.3. The first-order chi connectivity index (χ1) is 16.9. The van der Waals surface area contributed by atoms with Gasteiger partial charge in [-0.1, -0.05) is 54.1 Å². The first-order valence-corrected chi connectivity index (χ1v) is 13.8. The van der Waals surface area contributed by atoms with Crippen LogP contribution in [0.5, 0.6) is 0 Å². The van der Waals surface area contributed by atoms with Crippen molar-refractivity contribution < 1.29 is 8.42 Å². The van der Waals surface area contributed by atoms with E-state index in [9.17, 15) is 8.42 Å². The van der Waals surface area contributed by atoms with Crippen molar-refractivity contribution in [3.05, 3.63) is 89.5 Å². The number of thiocarbonyl (C=S) groups is 1. The normalized spacial score (nSPS) is 20.2. The van der Waals surface area contributed by atoms with Crippen molar-refractivity contribution in [1.82, 2.24) is 19.8 Å². The van der Waals surface area contributed by atoms with E-state index >= 15 is 0 Å². The largest absolute Gasteiger partial charge is 0.359 e. The molecule has 2 atom stereocenters. The van der Waals surface area contributed by atoms with E-state index in [1.807, 2.05) is 12.1 Å². The number of hydrogen-bond donors (Lipinski definition) is 2. The van der Waals surface area contributed by atoms with Crippen molar-refractivity contribution in [1.29, 1.82) is 0 Å². The summed E-state index contributed by atoms with van der Waals surface area (Å²) in [7, 11) is -3.77. The molecule has 0 bridgehead atoms. The molecule has 0 unspecified atom stereocenters. The molecule has 35 heavy (non-hydrogen) atoms. The van der Waals surface area contributed by atoms with Gasteiger partial charge < -0.3 is 10.2 Å². The van der Waals surface area contributed by atoms with E-state index in [1.54, 1.807) is 18.2 Å². The van der Waals surface area contributed by atoms with Crippen LogP contribution < -0.4 is 10.0 Å². The number of sulfonamides is 1. The number of piperazine rings is 1. The highest BCUT2D eigenvalue weighted by atomic mass is 35.5. The number of nitrogens with one attached hydrogen (secondary N) is 2. The molecule has 1 aliphatic heterocycles. The molecule has 0 amide bonds. The summed E-state index contributed by atoms with van der Waals surface area (Å²) in [4.78, 5) is 4.73. The summed E-state index contributed by atoms with van der Waals surface area (Å²) < 4.78 is 29.9. The molecule has 1 heterocycles. The molecule has 0 radical (unpaired) electrons. The molecule has 2 N–H and O–H groups in total. The van der Waals surface area contributed by atoms with Crippen LogP contribution in [0.1, 0.15) is 23.2 Å². The lowest BCUT2D eigenvalue weighted by atomic mass is 10.0. The first kappa shape index (κ1) is 24.2. The van der Waals surface area contributed by atoms with E-state index in [0.29, 0.717) is 11.6 Å².